The number of hydrogen-bond acceptors (Lipinski definition) is 2. The average Bonchev–Trinajstić information content (AvgIpc) is 3.48. The first kappa shape index (κ1) is 29.2. The Hall–Kier alpha value is -0.383. The SMILES string of the molecule is CCCCCCCCCCCCCC[Si]1(CC(CC)CCCC)c2cc(C)sc2-c2sc(C)cc21. The Morgan fingerprint density at radius 2 is 1.09 bits per heavy atom. The molecule has 0 spiro atoms. The molecule has 1 aliphatic rings. The Labute approximate surface area is 227 Å². The van der Waals surface area contributed by atoms with E-state index in [1.807, 2.05) is 10.4 Å². The molecule has 2 aromatic heterocycles. The molecule has 0 aliphatic carbocycles. The summed E-state index contributed by atoms with van der Waals surface area (Å²) in [5, 5.41) is 3.69. The number of fused-ring (bicyclic) bond motifs is 3. The highest BCUT2D eigenvalue weighted by atomic mass is 32.1. The van der Waals surface area contributed by atoms with Crippen LogP contribution in [0.15, 0.2) is 12.1 Å². The second kappa shape index (κ2) is 15.1. The molecular weight excluding hydrogens is 477 g/mol. The van der Waals surface area contributed by atoms with Gasteiger partial charge in [0.05, 0.1) is 0 Å². The number of aryl methyl sites for hydroxylation is 2. The van der Waals surface area contributed by atoms with E-state index in [4.69, 9.17) is 0 Å². The molecule has 1 unspecified atom stereocenters. The fraction of sp³-hybridized carbons (Fsp3) is 0.750. The third-order valence-electron chi connectivity index (χ3n) is 8.59. The van der Waals surface area contributed by atoms with Crippen LogP contribution in [0.25, 0.3) is 9.75 Å². The zero-order valence-electron chi connectivity index (χ0n) is 23.8. The van der Waals surface area contributed by atoms with Crippen molar-refractivity contribution >= 4 is 41.1 Å². The Morgan fingerprint density at radius 1 is 0.629 bits per heavy atom. The van der Waals surface area contributed by atoms with Gasteiger partial charge in [0.1, 0.15) is 8.07 Å². The Kier molecular flexibility index (Phi) is 12.6. The second-order valence-electron chi connectivity index (χ2n) is 11.5. The molecule has 0 saturated carbocycles. The van der Waals surface area contributed by atoms with Crippen LogP contribution in [0, 0.1) is 19.8 Å². The molecule has 0 saturated heterocycles. The van der Waals surface area contributed by atoms with Crippen LogP contribution in [0.4, 0.5) is 0 Å². The largest absolute Gasteiger partial charge is 0.140 e. The van der Waals surface area contributed by atoms with Crippen LogP contribution in [-0.2, 0) is 0 Å². The van der Waals surface area contributed by atoms with Crippen molar-refractivity contribution in [2.45, 2.75) is 149 Å². The Balaban J connectivity index is 1.58. The normalized spacial score (nSPS) is 14.9. The van der Waals surface area contributed by atoms with E-state index in [2.05, 4.69) is 69.4 Å². The van der Waals surface area contributed by atoms with Crippen molar-refractivity contribution in [3.8, 4) is 9.75 Å². The minimum Gasteiger partial charge on any atom is -0.140 e. The van der Waals surface area contributed by atoms with Gasteiger partial charge in [-0.05, 0) is 54.4 Å². The molecule has 3 rings (SSSR count). The molecule has 1 atom stereocenters. The van der Waals surface area contributed by atoms with Crippen molar-refractivity contribution in [1.29, 1.82) is 0 Å². The molecule has 0 radical (unpaired) electrons. The highest BCUT2D eigenvalue weighted by molar-refractivity contribution is 7.29. The van der Waals surface area contributed by atoms with Crippen molar-refractivity contribution in [2.24, 2.45) is 5.92 Å². The molecule has 0 N–H and O–H groups in total. The molecule has 0 bridgehead atoms. The van der Waals surface area contributed by atoms with Crippen LogP contribution in [-0.4, -0.2) is 8.07 Å². The van der Waals surface area contributed by atoms with Gasteiger partial charge >= 0.3 is 0 Å². The number of hydrogen-bond donors (Lipinski definition) is 0. The van der Waals surface area contributed by atoms with E-state index >= 15 is 0 Å². The topological polar surface area (TPSA) is 0 Å². The summed E-state index contributed by atoms with van der Waals surface area (Å²) >= 11 is 4.19. The zero-order chi connectivity index (χ0) is 25.1. The predicted octanol–water partition coefficient (Wildman–Crippen LogP) is 10.9. The summed E-state index contributed by atoms with van der Waals surface area (Å²) in [5.41, 5.74) is 0. The lowest BCUT2D eigenvalue weighted by Gasteiger charge is -2.33. The summed E-state index contributed by atoms with van der Waals surface area (Å²) in [6.45, 7) is 11.8. The van der Waals surface area contributed by atoms with E-state index in [1.165, 1.54) is 115 Å². The molecule has 3 heteroatoms. The van der Waals surface area contributed by atoms with E-state index in [0.29, 0.717) is 0 Å². The van der Waals surface area contributed by atoms with Crippen molar-refractivity contribution < 1.29 is 0 Å². The van der Waals surface area contributed by atoms with Crippen LogP contribution in [0.1, 0.15) is 133 Å². The van der Waals surface area contributed by atoms with Crippen LogP contribution in [0.5, 0.6) is 0 Å². The maximum Gasteiger partial charge on any atom is 0.122 e. The quantitative estimate of drug-likeness (QED) is 0.125. The molecule has 198 valence electrons. The fourth-order valence-corrected chi connectivity index (χ4v) is 16.3. The van der Waals surface area contributed by atoms with Gasteiger partial charge in [-0.2, -0.15) is 0 Å². The molecule has 0 nitrogen and oxygen atoms in total. The Morgan fingerprint density at radius 3 is 1.54 bits per heavy atom. The minimum atomic E-state index is -1.64. The molecule has 35 heavy (non-hydrogen) atoms. The summed E-state index contributed by atoms with van der Waals surface area (Å²) in [6.07, 6.45) is 23.0. The summed E-state index contributed by atoms with van der Waals surface area (Å²) < 4.78 is 0. The molecule has 0 amide bonds. The van der Waals surface area contributed by atoms with Crippen molar-refractivity contribution in [1.82, 2.24) is 0 Å². The molecule has 1 aliphatic heterocycles. The van der Waals surface area contributed by atoms with Gasteiger partial charge in [0.25, 0.3) is 0 Å². The third kappa shape index (κ3) is 7.80. The van der Waals surface area contributed by atoms with E-state index in [9.17, 15) is 0 Å². The number of unbranched alkanes of at least 4 members (excludes halogenated alkanes) is 12. The van der Waals surface area contributed by atoms with Gasteiger partial charge in [0, 0.05) is 19.5 Å². The van der Waals surface area contributed by atoms with Crippen LogP contribution < -0.4 is 10.4 Å². The lowest BCUT2D eigenvalue weighted by Crippen LogP contribution is -2.55. The van der Waals surface area contributed by atoms with Crippen LogP contribution in [0.2, 0.25) is 12.1 Å². The maximum atomic E-state index is 2.64. The molecule has 0 fully saturated rings. The van der Waals surface area contributed by atoms with Gasteiger partial charge in [-0.1, -0.05) is 124 Å². The van der Waals surface area contributed by atoms with Gasteiger partial charge in [-0.25, -0.2) is 0 Å². The lowest BCUT2D eigenvalue weighted by atomic mass is 10.0. The fourth-order valence-electron chi connectivity index (χ4n) is 6.52. The lowest BCUT2D eigenvalue weighted by molar-refractivity contribution is 0.486. The van der Waals surface area contributed by atoms with Crippen molar-refractivity contribution in [2.75, 3.05) is 0 Å². The average molecular weight is 531 g/mol. The van der Waals surface area contributed by atoms with E-state index in [-0.39, 0.29) is 0 Å². The summed E-state index contributed by atoms with van der Waals surface area (Å²) in [6, 6.07) is 8.29. The Bertz CT molecular complexity index is 815. The van der Waals surface area contributed by atoms with Gasteiger partial charge in [0.15, 0.2) is 0 Å². The summed E-state index contributed by atoms with van der Waals surface area (Å²) in [4.78, 5) is 6.46. The predicted molar refractivity (Wildman–Crippen MR) is 166 cm³/mol. The minimum absolute atomic E-state index is 0.915. The van der Waals surface area contributed by atoms with E-state index < -0.39 is 8.07 Å². The highest BCUT2D eigenvalue weighted by Crippen LogP contribution is 2.44. The first-order valence-electron chi connectivity index (χ1n) is 15.3. The van der Waals surface area contributed by atoms with E-state index in [0.717, 1.165) is 5.92 Å². The molecular formula is C32H54S2Si. The highest BCUT2D eigenvalue weighted by Gasteiger charge is 2.48. The maximum absolute atomic E-state index is 2.64. The smallest absolute Gasteiger partial charge is 0.122 e. The van der Waals surface area contributed by atoms with Crippen molar-refractivity contribution in [3.63, 3.8) is 0 Å². The van der Waals surface area contributed by atoms with Gasteiger partial charge in [-0.3, -0.25) is 0 Å². The van der Waals surface area contributed by atoms with Gasteiger partial charge in [-0.15, -0.1) is 22.7 Å². The first-order valence-corrected chi connectivity index (χ1v) is 19.3. The zero-order valence-corrected chi connectivity index (χ0v) is 26.4. The monoisotopic (exact) mass is 530 g/mol. The summed E-state index contributed by atoms with van der Waals surface area (Å²) in [5.74, 6) is 0.915. The standard InChI is InChI=1S/C32H54S2Si/c1-6-9-11-12-13-14-15-16-17-18-19-20-22-35(25-28(8-3)21-10-7-2)29-23-26(4)33-31(29)32-30(35)24-27(5)34-32/h23-24,28H,6-22,25H2,1-5H3. The summed E-state index contributed by atoms with van der Waals surface area (Å²) in [7, 11) is -1.64. The second-order valence-corrected chi connectivity index (χ2v) is 18.2. The first-order chi connectivity index (χ1) is 17.1. The third-order valence-corrected chi connectivity index (χ3v) is 16.5. The number of rotatable bonds is 19. The van der Waals surface area contributed by atoms with Gasteiger partial charge in [0.2, 0.25) is 0 Å². The number of thiophene rings is 2. The molecule has 2 aromatic rings. The van der Waals surface area contributed by atoms with Crippen LogP contribution >= 0.6 is 22.7 Å². The molecule has 3 heterocycles. The van der Waals surface area contributed by atoms with Crippen molar-refractivity contribution in [3.05, 3.63) is 21.9 Å². The van der Waals surface area contributed by atoms with Gasteiger partial charge < -0.3 is 0 Å². The van der Waals surface area contributed by atoms with E-state index in [1.54, 1.807) is 19.5 Å². The van der Waals surface area contributed by atoms with Crippen LogP contribution in [0.3, 0.4) is 0 Å². The molecule has 0 aromatic carbocycles.